The maximum absolute atomic E-state index is 13.8. The fraction of sp³-hybridized carbons (Fsp3) is 0.120. The number of amides is 3. The van der Waals surface area contributed by atoms with Gasteiger partial charge in [-0.3, -0.25) is 34.3 Å². The fourth-order valence-electron chi connectivity index (χ4n) is 3.98. The molecular weight excluding hydrogens is 541 g/mol. The number of methoxy groups -OCH3 is 1. The highest BCUT2D eigenvalue weighted by molar-refractivity contribution is 6.42. The third-order valence-electron chi connectivity index (χ3n) is 5.84. The van der Waals surface area contributed by atoms with E-state index in [2.05, 4.69) is 0 Å². The number of nitrogens with zero attached hydrogens (tertiary/aromatic N) is 3. The second kappa shape index (κ2) is 10.5. The van der Waals surface area contributed by atoms with Crippen molar-refractivity contribution in [2.24, 2.45) is 0 Å². The molecule has 38 heavy (non-hydrogen) atoms. The molecule has 4 rings (SSSR count). The molecule has 0 aromatic heterocycles. The number of fused-ring (bicyclic) bond motifs is 1. The highest BCUT2D eigenvalue weighted by Gasteiger charge is 2.42. The molecule has 194 valence electrons. The Morgan fingerprint density at radius 1 is 1.03 bits per heavy atom. The van der Waals surface area contributed by atoms with Gasteiger partial charge in [0.1, 0.15) is 5.75 Å². The molecule has 0 unspecified atom stereocenters. The number of esters is 1. The van der Waals surface area contributed by atoms with Gasteiger partial charge in [-0.05, 0) is 30.3 Å². The van der Waals surface area contributed by atoms with Crippen LogP contribution in [0, 0.1) is 10.1 Å². The molecule has 0 fully saturated rings. The Hall–Kier alpha value is -4.48. The van der Waals surface area contributed by atoms with Gasteiger partial charge in [0.2, 0.25) is 0 Å². The van der Waals surface area contributed by atoms with Crippen molar-refractivity contribution in [2.75, 3.05) is 18.6 Å². The standard InChI is InChI=1S/C25H17Cl2N3O8/c1-38-25(35)20(12-28-23(33)15-4-2-3-5-16(15)24(28)34)29(19-10-17(26)18(27)11-21(19)31)22(32)13-6-8-14(9-7-13)30(36)37/h2-11,20,31H,12H2,1H3/t20-/m1/s1. The number of benzene rings is 3. The van der Waals surface area contributed by atoms with E-state index in [0.717, 1.165) is 53.3 Å². The monoisotopic (exact) mass is 557 g/mol. The van der Waals surface area contributed by atoms with E-state index in [9.17, 15) is 34.4 Å². The van der Waals surface area contributed by atoms with Crippen molar-refractivity contribution in [3.63, 3.8) is 0 Å². The van der Waals surface area contributed by atoms with Crippen molar-refractivity contribution in [1.82, 2.24) is 4.90 Å². The summed E-state index contributed by atoms with van der Waals surface area (Å²) in [6, 6.07) is 11.0. The number of ether oxygens (including phenoxy) is 1. The molecule has 0 radical (unpaired) electrons. The largest absolute Gasteiger partial charge is 0.506 e. The predicted octanol–water partition coefficient (Wildman–Crippen LogP) is 4.09. The molecule has 1 N–H and O–H groups in total. The number of carbonyl (C=O) groups excluding carboxylic acids is 4. The number of hydrogen-bond donors (Lipinski definition) is 1. The Bertz CT molecular complexity index is 1460. The molecule has 0 bridgehead atoms. The normalized spacial score (nSPS) is 13.2. The topological polar surface area (TPSA) is 147 Å². The van der Waals surface area contributed by atoms with E-state index in [1.165, 1.54) is 12.1 Å². The van der Waals surface area contributed by atoms with E-state index in [-0.39, 0.29) is 38.1 Å². The smallest absolute Gasteiger partial charge is 0.330 e. The number of hydrogen-bond acceptors (Lipinski definition) is 8. The molecule has 1 atom stereocenters. The van der Waals surface area contributed by atoms with Crippen LogP contribution in [0.1, 0.15) is 31.1 Å². The molecule has 1 aliphatic heterocycles. The average Bonchev–Trinajstić information content (AvgIpc) is 3.15. The van der Waals surface area contributed by atoms with Crippen LogP contribution in [0.2, 0.25) is 10.0 Å². The number of phenols is 1. The number of non-ortho nitro benzene ring substituents is 1. The van der Waals surface area contributed by atoms with E-state index in [1.807, 2.05) is 0 Å². The number of nitro benzene ring substituents is 1. The Kier molecular flexibility index (Phi) is 7.33. The van der Waals surface area contributed by atoms with Crippen molar-refractivity contribution in [2.45, 2.75) is 6.04 Å². The molecule has 0 aliphatic carbocycles. The fourth-order valence-corrected chi connectivity index (χ4v) is 4.29. The number of carbonyl (C=O) groups is 4. The van der Waals surface area contributed by atoms with Crippen LogP contribution in [-0.4, -0.2) is 58.3 Å². The molecule has 0 spiro atoms. The van der Waals surface area contributed by atoms with Crippen molar-refractivity contribution >= 4 is 58.3 Å². The van der Waals surface area contributed by atoms with E-state index < -0.39 is 47.0 Å². The molecule has 3 aromatic rings. The van der Waals surface area contributed by atoms with Crippen LogP contribution >= 0.6 is 23.2 Å². The quantitative estimate of drug-likeness (QED) is 0.197. The summed E-state index contributed by atoms with van der Waals surface area (Å²) in [5.41, 5.74) is -0.452. The van der Waals surface area contributed by atoms with Gasteiger partial charge in [-0.2, -0.15) is 0 Å². The van der Waals surface area contributed by atoms with Crippen LogP contribution in [0.4, 0.5) is 11.4 Å². The zero-order valence-electron chi connectivity index (χ0n) is 19.5. The van der Waals surface area contributed by atoms with Crippen LogP contribution in [0.25, 0.3) is 0 Å². The molecule has 1 heterocycles. The van der Waals surface area contributed by atoms with Gasteiger partial charge in [0, 0.05) is 23.8 Å². The van der Waals surface area contributed by atoms with Crippen molar-refractivity contribution < 1.29 is 33.9 Å². The molecular formula is C25H17Cl2N3O8. The number of anilines is 1. The first-order valence-corrected chi connectivity index (χ1v) is 11.6. The molecule has 3 aromatic carbocycles. The lowest BCUT2D eigenvalue weighted by atomic mass is 10.1. The summed E-state index contributed by atoms with van der Waals surface area (Å²) in [7, 11) is 1.04. The lowest BCUT2D eigenvalue weighted by Gasteiger charge is -2.32. The van der Waals surface area contributed by atoms with Gasteiger partial charge in [0.05, 0.1) is 45.4 Å². The van der Waals surface area contributed by atoms with Gasteiger partial charge in [0.25, 0.3) is 23.4 Å². The summed E-state index contributed by atoms with van der Waals surface area (Å²) in [4.78, 5) is 64.8. The maximum Gasteiger partial charge on any atom is 0.330 e. The van der Waals surface area contributed by atoms with Crippen molar-refractivity contribution in [3.8, 4) is 5.75 Å². The second-order valence-corrected chi connectivity index (χ2v) is 8.85. The number of imide groups is 1. The first kappa shape index (κ1) is 26.6. The number of phenolic OH excluding ortho intramolecular Hbond substituents is 1. The van der Waals surface area contributed by atoms with E-state index in [4.69, 9.17) is 27.9 Å². The van der Waals surface area contributed by atoms with E-state index in [0.29, 0.717) is 0 Å². The maximum atomic E-state index is 13.8. The van der Waals surface area contributed by atoms with Gasteiger partial charge in [-0.1, -0.05) is 35.3 Å². The summed E-state index contributed by atoms with van der Waals surface area (Å²) >= 11 is 12.1. The van der Waals surface area contributed by atoms with E-state index >= 15 is 0 Å². The first-order chi connectivity index (χ1) is 18.0. The number of halogens is 2. The molecule has 3 amide bonds. The predicted molar refractivity (Wildman–Crippen MR) is 136 cm³/mol. The summed E-state index contributed by atoms with van der Waals surface area (Å²) < 4.78 is 4.89. The Labute approximate surface area is 224 Å². The molecule has 0 saturated heterocycles. The van der Waals surface area contributed by atoms with Gasteiger partial charge in [-0.15, -0.1) is 0 Å². The highest BCUT2D eigenvalue weighted by atomic mass is 35.5. The van der Waals surface area contributed by atoms with Crippen LogP contribution < -0.4 is 4.90 Å². The Balaban J connectivity index is 1.84. The van der Waals surface area contributed by atoms with Crippen LogP contribution in [0.3, 0.4) is 0 Å². The summed E-state index contributed by atoms with van der Waals surface area (Å²) in [6.45, 7) is -0.641. The van der Waals surface area contributed by atoms with E-state index in [1.54, 1.807) is 12.1 Å². The molecule has 0 saturated carbocycles. The third kappa shape index (κ3) is 4.76. The zero-order chi connectivity index (χ0) is 27.7. The number of nitro groups is 1. The highest BCUT2D eigenvalue weighted by Crippen LogP contribution is 2.38. The summed E-state index contributed by atoms with van der Waals surface area (Å²) in [6.07, 6.45) is 0. The van der Waals surface area contributed by atoms with Gasteiger partial charge in [-0.25, -0.2) is 4.79 Å². The van der Waals surface area contributed by atoms with Crippen LogP contribution in [-0.2, 0) is 9.53 Å². The minimum Gasteiger partial charge on any atom is -0.506 e. The molecule has 13 heteroatoms. The van der Waals surface area contributed by atoms with Gasteiger partial charge >= 0.3 is 5.97 Å². The Morgan fingerprint density at radius 2 is 1.58 bits per heavy atom. The number of aromatic hydroxyl groups is 1. The molecule has 1 aliphatic rings. The summed E-state index contributed by atoms with van der Waals surface area (Å²) in [5, 5.41) is 21.6. The lowest BCUT2D eigenvalue weighted by Crippen LogP contribution is -2.53. The lowest BCUT2D eigenvalue weighted by molar-refractivity contribution is -0.384. The third-order valence-corrected chi connectivity index (χ3v) is 6.56. The molecule has 11 nitrogen and oxygen atoms in total. The summed E-state index contributed by atoms with van der Waals surface area (Å²) in [5.74, 6) is -3.88. The Morgan fingerprint density at radius 3 is 2.11 bits per heavy atom. The van der Waals surface area contributed by atoms with Crippen LogP contribution in [0.5, 0.6) is 5.75 Å². The average molecular weight is 558 g/mol. The zero-order valence-corrected chi connectivity index (χ0v) is 21.0. The van der Waals surface area contributed by atoms with Crippen molar-refractivity contribution in [1.29, 1.82) is 0 Å². The van der Waals surface area contributed by atoms with Crippen LogP contribution in [0.15, 0.2) is 60.7 Å². The second-order valence-electron chi connectivity index (χ2n) is 8.04. The van der Waals surface area contributed by atoms with Gasteiger partial charge < -0.3 is 9.84 Å². The minimum atomic E-state index is -1.66. The minimum absolute atomic E-state index is 0.0504. The number of rotatable bonds is 7. The SMILES string of the molecule is COC(=O)[C@@H](CN1C(=O)c2ccccc2C1=O)N(C(=O)c1ccc([N+](=O)[O-])cc1)c1cc(Cl)c(Cl)cc1O. The van der Waals surface area contributed by atoms with Crippen molar-refractivity contribution in [3.05, 3.63) is 97.5 Å². The first-order valence-electron chi connectivity index (χ1n) is 10.8. The van der Waals surface area contributed by atoms with Gasteiger partial charge in [0.15, 0.2) is 6.04 Å².